The molecule has 0 unspecified atom stereocenters. The van der Waals surface area contributed by atoms with Crippen molar-refractivity contribution in [2.75, 3.05) is 16.8 Å². The van der Waals surface area contributed by atoms with Gasteiger partial charge in [0.1, 0.15) is 12.9 Å². The Hall–Kier alpha value is -4.09. The van der Waals surface area contributed by atoms with Crippen molar-refractivity contribution in [1.29, 1.82) is 0 Å². The number of pyridine rings is 1. The van der Waals surface area contributed by atoms with Crippen LogP contribution in [0.15, 0.2) is 53.7 Å². The lowest BCUT2D eigenvalue weighted by Gasteiger charge is -2.24. The van der Waals surface area contributed by atoms with Gasteiger partial charge < -0.3 is 10.4 Å². The highest BCUT2D eigenvalue weighted by Crippen LogP contribution is 2.25. The summed E-state index contributed by atoms with van der Waals surface area (Å²) in [6, 6.07) is 8.96. The number of hydrogen-bond donors (Lipinski definition) is 2. The molecule has 0 radical (unpaired) electrons. The van der Waals surface area contributed by atoms with Crippen molar-refractivity contribution in [3.63, 3.8) is 0 Å². The Balaban J connectivity index is 1.41. The Bertz CT molecular complexity index is 1760. The van der Waals surface area contributed by atoms with E-state index in [1.165, 1.54) is 47.5 Å². The van der Waals surface area contributed by atoms with Crippen LogP contribution in [0.25, 0.3) is 17.2 Å². The van der Waals surface area contributed by atoms with Gasteiger partial charge in [-0.1, -0.05) is 11.6 Å². The predicted molar refractivity (Wildman–Crippen MR) is 138 cm³/mol. The third-order valence-corrected chi connectivity index (χ3v) is 8.20. The highest BCUT2D eigenvalue weighted by molar-refractivity contribution is 7.92. The molecule has 4 heterocycles. The fourth-order valence-corrected chi connectivity index (χ4v) is 5.59. The average Bonchev–Trinajstić information content (AvgIpc) is 3.48. The number of aliphatic hydroxyl groups is 1. The van der Waals surface area contributed by atoms with E-state index in [2.05, 4.69) is 25.5 Å². The first-order valence-corrected chi connectivity index (χ1v) is 14.1. The normalized spacial score (nSPS) is 15.8. The number of carbonyl (C=O) groups is 1. The predicted octanol–water partition coefficient (Wildman–Crippen LogP) is 1.30. The third kappa shape index (κ3) is 6.15. The molecule has 18 heteroatoms. The minimum Gasteiger partial charge on any atom is -0.382 e. The van der Waals surface area contributed by atoms with E-state index in [1.54, 1.807) is 6.07 Å². The standard InChI is InChI=1S/C23H20ClF3N8O5S/c24-15-5-3-13(4-6-15)19-32-34(22(38)33(19)8-17(36)23(25,26)27)9-18-29-12-35(31-18)20-16(2-1-7-28-20)30-21(37)14-10-41(39,40)11-14/h1-7,12,14,17,36H,8-11H2,(H,30,37)/t17-/m0/s1. The molecule has 1 amide bonds. The van der Waals surface area contributed by atoms with Crippen LogP contribution in [-0.2, 0) is 27.7 Å². The second-order valence-corrected chi connectivity index (χ2v) is 11.8. The van der Waals surface area contributed by atoms with E-state index in [4.69, 9.17) is 11.6 Å². The van der Waals surface area contributed by atoms with Crippen LogP contribution < -0.4 is 11.0 Å². The third-order valence-electron chi connectivity index (χ3n) is 6.13. The van der Waals surface area contributed by atoms with Gasteiger partial charge in [-0.05, 0) is 36.4 Å². The van der Waals surface area contributed by atoms with Crippen LogP contribution in [0.3, 0.4) is 0 Å². The molecule has 0 spiro atoms. The highest BCUT2D eigenvalue weighted by Gasteiger charge is 2.40. The Kier molecular flexibility index (Phi) is 7.43. The summed E-state index contributed by atoms with van der Waals surface area (Å²) >= 11 is 5.90. The number of nitrogens with zero attached hydrogens (tertiary/aromatic N) is 7. The van der Waals surface area contributed by atoms with Gasteiger partial charge >= 0.3 is 11.9 Å². The molecule has 41 heavy (non-hydrogen) atoms. The molecule has 1 saturated heterocycles. The van der Waals surface area contributed by atoms with Crippen LogP contribution in [0.1, 0.15) is 5.82 Å². The van der Waals surface area contributed by atoms with Crippen LogP contribution in [0, 0.1) is 5.92 Å². The summed E-state index contributed by atoms with van der Waals surface area (Å²) < 4.78 is 64.9. The molecular formula is C23H20ClF3N8O5S. The molecule has 3 aromatic heterocycles. The van der Waals surface area contributed by atoms with E-state index < -0.39 is 46.2 Å². The van der Waals surface area contributed by atoms with Crippen LogP contribution in [0.2, 0.25) is 5.02 Å². The number of hydrogen-bond acceptors (Lipinski definition) is 9. The van der Waals surface area contributed by atoms with Crippen molar-refractivity contribution >= 4 is 33.0 Å². The molecule has 1 fully saturated rings. The van der Waals surface area contributed by atoms with Gasteiger partial charge in [-0.25, -0.2) is 32.5 Å². The summed E-state index contributed by atoms with van der Waals surface area (Å²) in [4.78, 5) is 33.9. The van der Waals surface area contributed by atoms with Crippen molar-refractivity contribution in [3.8, 4) is 17.2 Å². The molecule has 1 aliphatic rings. The van der Waals surface area contributed by atoms with Gasteiger partial charge in [0.05, 0.1) is 29.7 Å². The van der Waals surface area contributed by atoms with Gasteiger partial charge in [0.25, 0.3) is 0 Å². The van der Waals surface area contributed by atoms with E-state index in [0.717, 1.165) is 4.68 Å². The summed E-state index contributed by atoms with van der Waals surface area (Å²) in [5, 5.41) is 21.0. The van der Waals surface area contributed by atoms with Gasteiger partial charge in [-0.15, -0.1) is 10.2 Å². The highest BCUT2D eigenvalue weighted by atomic mass is 35.5. The van der Waals surface area contributed by atoms with Gasteiger partial charge in [-0.2, -0.15) is 13.2 Å². The lowest BCUT2D eigenvalue weighted by Crippen LogP contribution is -2.44. The number of carbonyl (C=O) groups excluding carboxylic acids is 1. The fraction of sp³-hybridized carbons (Fsp3) is 0.304. The molecule has 1 aromatic carbocycles. The van der Waals surface area contributed by atoms with E-state index in [-0.39, 0.29) is 46.8 Å². The van der Waals surface area contributed by atoms with E-state index in [0.29, 0.717) is 9.59 Å². The van der Waals surface area contributed by atoms with Crippen LogP contribution >= 0.6 is 11.6 Å². The number of alkyl halides is 3. The lowest BCUT2D eigenvalue weighted by atomic mass is 10.2. The molecule has 4 aromatic rings. The number of aliphatic hydroxyl groups excluding tert-OH is 1. The van der Waals surface area contributed by atoms with Gasteiger partial charge in [0.2, 0.25) is 5.91 Å². The summed E-state index contributed by atoms with van der Waals surface area (Å²) in [6.07, 6.45) is -5.12. The number of nitrogens with one attached hydrogen (secondary N) is 1. The van der Waals surface area contributed by atoms with E-state index in [1.807, 2.05) is 0 Å². The molecule has 0 bridgehead atoms. The Morgan fingerprint density at radius 1 is 1.15 bits per heavy atom. The molecule has 0 saturated carbocycles. The number of amides is 1. The molecular weight excluding hydrogens is 593 g/mol. The minimum atomic E-state index is -4.97. The SMILES string of the molecule is O=C(Nc1cccnc1-n1cnc(Cn2nc(-c3ccc(Cl)cc3)n(C[C@H](O)C(F)(F)F)c2=O)n1)C1CS(=O)(=O)C1. The molecule has 5 rings (SSSR count). The lowest BCUT2D eigenvalue weighted by molar-refractivity contribution is -0.207. The number of benzene rings is 1. The maximum atomic E-state index is 13.1. The number of aromatic nitrogens is 7. The molecule has 2 N–H and O–H groups in total. The zero-order valence-corrected chi connectivity index (χ0v) is 22.3. The van der Waals surface area contributed by atoms with Crippen LogP contribution in [0.5, 0.6) is 0 Å². The zero-order chi connectivity index (χ0) is 29.5. The first kappa shape index (κ1) is 28.4. The maximum Gasteiger partial charge on any atom is 0.416 e. The summed E-state index contributed by atoms with van der Waals surface area (Å²) in [5.41, 5.74) is -0.437. The first-order chi connectivity index (χ1) is 19.3. The van der Waals surface area contributed by atoms with Crippen molar-refractivity contribution in [2.24, 2.45) is 5.92 Å². The van der Waals surface area contributed by atoms with Crippen molar-refractivity contribution < 1.29 is 31.5 Å². The van der Waals surface area contributed by atoms with Crippen molar-refractivity contribution in [3.05, 3.63) is 70.3 Å². The minimum absolute atomic E-state index is 0.0313. The summed E-state index contributed by atoms with van der Waals surface area (Å²) in [6.45, 7) is -1.45. The van der Waals surface area contributed by atoms with Gasteiger partial charge in [0.15, 0.2) is 33.4 Å². The summed E-state index contributed by atoms with van der Waals surface area (Å²) in [7, 11) is -3.21. The molecule has 13 nitrogen and oxygen atoms in total. The first-order valence-electron chi connectivity index (χ1n) is 11.9. The second-order valence-electron chi connectivity index (χ2n) is 9.18. The van der Waals surface area contributed by atoms with Gasteiger partial charge in [0, 0.05) is 16.8 Å². The van der Waals surface area contributed by atoms with Crippen molar-refractivity contribution in [1.82, 2.24) is 34.1 Å². The van der Waals surface area contributed by atoms with Crippen molar-refractivity contribution in [2.45, 2.75) is 25.4 Å². The molecule has 0 aliphatic carbocycles. The molecule has 1 atom stereocenters. The molecule has 1 aliphatic heterocycles. The number of halogens is 4. The number of sulfone groups is 1. The maximum absolute atomic E-state index is 13.1. The smallest absolute Gasteiger partial charge is 0.382 e. The topological polar surface area (TPSA) is 167 Å². The number of anilines is 1. The van der Waals surface area contributed by atoms with Crippen LogP contribution in [-0.4, -0.2) is 77.3 Å². The Morgan fingerprint density at radius 2 is 1.85 bits per heavy atom. The van der Waals surface area contributed by atoms with E-state index >= 15 is 0 Å². The Morgan fingerprint density at radius 3 is 2.51 bits per heavy atom. The quantitative estimate of drug-likeness (QED) is 0.298. The zero-order valence-electron chi connectivity index (χ0n) is 20.7. The van der Waals surface area contributed by atoms with Crippen LogP contribution in [0.4, 0.5) is 18.9 Å². The fourth-order valence-electron chi connectivity index (χ4n) is 4.03. The number of rotatable bonds is 8. The molecule has 216 valence electrons. The average molecular weight is 613 g/mol. The summed E-state index contributed by atoms with van der Waals surface area (Å²) in [5.74, 6) is -1.64. The van der Waals surface area contributed by atoms with E-state index in [9.17, 15) is 36.3 Å². The second kappa shape index (κ2) is 10.7. The largest absolute Gasteiger partial charge is 0.416 e. The monoisotopic (exact) mass is 612 g/mol. The van der Waals surface area contributed by atoms with Gasteiger partial charge in [-0.3, -0.25) is 9.36 Å². The Labute approximate surface area is 234 Å².